The van der Waals surface area contributed by atoms with Gasteiger partial charge in [0.05, 0.1) is 12.5 Å². The van der Waals surface area contributed by atoms with Gasteiger partial charge in [-0.3, -0.25) is 4.79 Å². The summed E-state index contributed by atoms with van der Waals surface area (Å²) >= 11 is 0. The summed E-state index contributed by atoms with van der Waals surface area (Å²) in [6, 6.07) is -2.24. The zero-order valence-corrected chi connectivity index (χ0v) is 9.58. The van der Waals surface area contributed by atoms with Crippen molar-refractivity contribution in [2.45, 2.75) is 25.5 Å². The number of carbonyl (C=O) groups is 3. The molecule has 0 aliphatic carbocycles. The molecule has 0 saturated carbocycles. The van der Waals surface area contributed by atoms with E-state index in [4.69, 9.17) is 15.3 Å². The van der Waals surface area contributed by atoms with Crippen molar-refractivity contribution >= 4 is 18.0 Å². The Morgan fingerprint density at radius 1 is 1.29 bits per heavy atom. The summed E-state index contributed by atoms with van der Waals surface area (Å²) in [7, 11) is 1.36. The van der Waals surface area contributed by atoms with Gasteiger partial charge in [0.1, 0.15) is 6.04 Å². The number of rotatable bonds is 6. The fraction of sp³-hybridized carbons (Fsp3) is 0.667. The van der Waals surface area contributed by atoms with Gasteiger partial charge in [-0.25, -0.2) is 9.59 Å². The number of amides is 2. The monoisotopic (exact) mass is 248 g/mol. The van der Waals surface area contributed by atoms with Crippen LogP contribution in [0.2, 0.25) is 0 Å². The highest BCUT2D eigenvalue weighted by Crippen LogP contribution is 1.96. The average Bonchev–Trinajstić information content (AvgIpc) is 2.14. The van der Waals surface area contributed by atoms with Crippen molar-refractivity contribution in [2.24, 2.45) is 0 Å². The highest BCUT2D eigenvalue weighted by Gasteiger charge is 2.24. The third-order valence-electron chi connectivity index (χ3n) is 1.86. The van der Waals surface area contributed by atoms with Gasteiger partial charge in [-0.2, -0.15) is 0 Å². The number of nitrogens with one attached hydrogen (secondary N) is 1. The first-order chi connectivity index (χ1) is 7.73. The van der Waals surface area contributed by atoms with Crippen molar-refractivity contribution in [2.75, 3.05) is 13.6 Å². The summed E-state index contributed by atoms with van der Waals surface area (Å²) < 4.78 is 0. The largest absolute Gasteiger partial charge is 0.481 e. The number of likely N-dealkylation sites (N-methyl/N-ethyl adjacent to an activating group) is 1. The number of aliphatic hydroxyl groups excluding tert-OH is 1. The van der Waals surface area contributed by atoms with Gasteiger partial charge < -0.3 is 25.5 Å². The van der Waals surface area contributed by atoms with E-state index in [1.807, 2.05) is 5.32 Å². The van der Waals surface area contributed by atoms with Crippen LogP contribution in [-0.4, -0.2) is 63.9 Å². The minimum atomic E-state index is -1.49. The first kappa shape index (κ1) is 15.2. The molecule has 98 valence electrons. The Hall–Kier alpha value is -1.83. The average molecular weight is 248 g/mol. The van der Waals surface area contributed by atoms with Gasteiger partial charge in [0.2, 0.25) is 0 Å². The first-order valence-electron chi connectivity index (χ1n) is 4.88. The molecule has 0 spiro atoms. The number of aliphatic carboxylic acids is 2. The van der Waals surface area contributed by atoms with E-state index in [1.165, 1.54) is 14.0 Å². The van der Waals surface area contributed by atoms with Crippen LogP contribution in [0.15, 0.2) is 0 Å². The van der Waals surface area contributed by atoms with Crippen LogP contribution < -0.4 is 5.32 Å². The maximum absolute atomic E-state index is 11.4. The predicted octanol–water partition coefficient (Wildman–Crippen LogP) is -1.06. The van der Waals surface area contributed by atoms with Gasteiger partial charge in [-0.1, -0.05) is 0 Å². The molecule has 17 heavy (non-hydrogen) atoms. The molecule has 0 rings (SSSR count). The molecular formula is C9H16N2O6. The lowest BCUT2D eigenvalue weighted by molar-refractivity contribution is -0.145. The van der Waals surface area contributed by atoms with Crippen LogP contribution in [0.5, 0.6) is 0 Å². The van der Waals surface area contributed by atoms with Crippen LogP contribution in [-0.2, 0) is 9.59 Å². The number of carboxylic acids is 2. The maximum atomic E-state index is 11.4. The molecular weight excluding hydrogens is 232 g/mol. The topological polar surface area (TPSA) is 127 Å². The summed E-state index contributed by atoms with van der Waals surface area (Å²) in [6.45, 7) is 1.49. The SMILES string of the molecule is CC(O)CN(C)C(=O)N[C@H](CC(=O)O)C(=O)O. The van der Waals surface area contributed by atoms with Gasteiger partial charge in [-0.15, -0.1) is 0 Å². The lowest BCUT2D eigenvalue weighted by Crippen LogP contribution is -2.48. The van der Waals surface area contributed by atoms with Crippen molar-refractivity contribution in [3.05, 3.63) is 0 Å². The Balaban J connectivity index is 4.39. The zero-order chi connectivity index (χ0) is 13.6. The van der Waals surface area contributed by atoms with E-state index in [2.05, 4.69) is 0 Å². The number of aliphatic hydroxyl groups is 1. The zero-order valence-electron chi connectivity index (χ0n) is 9.58. The molecule has 2 amide bonds. The van der Waals surface area contributed by atoms with Crippen molar-refractivity contribution in [3.8, 4) is 0 Å². The molecule has 0 aromatic rings. The maximum Gasteiger partial charge on any atom is 0.326 e. The van der Waals surface area contributed by atoms with Crippen molar-refractivity contribution in [1.29, 1.82) is 0 Å². The van der Waals surface area contributed by atoms with E-state index < -0.39 is 36.5 Å². The third kappa shape index (κ3) is 6.36. The Labute approximate surface area is 97.8 Å². The van der Waals surface area contributed by atoms with Crippen LogP contribution in [0.1, 0.15) is 13.3 Å². The van der Waals surface area contributed by atoms with Gasteiger partial charge in [0.25, 0.3) is 0 Å². The summed E-state index contributed by atoms with van der Waals surface area (Å²) in [5.41, 5.74) is 0. The van der Waals surface area contributed by atoms with Crippen molar-refractivity contribution in [1.82, 2.24) is 10.2 Å². The smallest absolute Gasteiger partial charge is 0.326 e. The fourth-order valence-corrected chi connectivity index (χ4v) is 1.11. The molecule has 2 atom stereocenters. The molecule has 0 aliphatic rings. The van der Waals surface area contributed by atoms with Crippen LogP contribution >= 0.6 is 0 Å². The Morgan fingerprint density at radius 3 is 2.18 bits per heavy atom. The molecule has 1 unspecified atom stereocenters. The van der Waals surface area contributed by atoms with Gasteiger partial charge in [0, 0.05) is 13.6 Å². The number of hydrogen-bond acceptors (Lipinski definition) is 4. The van der Waals surface area contributed by atoms with Crippen LogP contribution in [0.4, 0.5) is 4.79 Å². The summed E-state index contributed by atoms with van der Waals surface area (Å²) in [5, 5.41) is 28.2. The molecule has 8 nitrogen and oxygen atoms in total. The van der Waals surface area contributed by atoms with Crippen LogP contribution in [0.3, 0.4) is 0 Å². The number of carbonyl (C=O) groups excluding carboxylic acids is 1. The second kappa shape index (κ2) is 6.69. The molecule has 0 aromatic heterocycles. The van der Waals surface area contributed by atoms with E-state index in [1.54, 1.807) is 0 Å². The lowest BCUT2D eigenvalue weighted by Gasteiger charge is -2.21. The molecule has 0 bridgehead atoms. The standard InChI is InChI=1S/C9H16N2O6/c1-5(12)4-11(2)9(17)10-6(8(15)16)3-7(13)14/h5-6,12H,3-4H2,1-2H3,(H,10,17)(H,13,14)(H,15,16)/t5?,6-/m1/s1. The van der Waals surface area contributed by atoms with E-state index >= 15 is 0 Å². The molecule has 0 saturated heterocycles. The molecule has 0 aliphatic heterocycles. The number of carboxylic acid groups (broad SMARTS) is 2. The lowest BCUT2D eigenvalue weighted by atomic mass is 10.2. The number of hydrogen-bond donors (Lipinski definition) is 4. The first-order valence-corrected chi connectivity index (χ1v) is 4.88. The molecule has 8 heteroatoms. The normalized spacial score (nSPS) is 13.6. The van der Waals surface area contributed by atoms with E-state index in [9.17, 15) is 14.4 Å². The van der Waals surface area contributed by atoms with Gasteiger partial charge >= 0.3 is 18.0 Å². The fourth-order valence-electron chi connectivity index (χ4n) is 1.11. The van der Waals surface area contributed by atoms with Crippen molar-refractivity contribution in [3.63, 3.8) is 0 Å². The third-order valence-corrected chi connectivity index (χ3v) is 1.86. The van der Waals surface area contributed by atoms with E-state index in [0.29, 0.717) is 0 Å². The predicted molar refractivity (Wildman–Crippen MR) is 56.5 cm³/mol. The Kier molecular flexibility index (Phi) is 5.97. The second-order valence-corrected chi connectivity index (χ2v) is 3.67. The summed E-state index contributed by atoms with van der Waals surface area (Å²) in [5.74, 6) is -2.75. The Morgan fingerprint density at radius 2 is 1.82 bits per heavy atom. The van der Waals surface area contributed by atoms with Crippen LogP contribution in [0, 0.1) is 0 Å². The van der Waals surface area contributed by atoms with E-state index in [0.717, 1.165) is 4.90 Å². The second-order valence-electron chi connectivity index (χ2n) is 3.67. The van der Waals surface area contributed by atoms with Crippen molar-refractivity contribution < 1.29 is 29.7 Å². The van der Waals surface area contributed by atoms with E-state index in [-0.39, 0.29) is 6.54 Å². The Bertz CT molecular complexity index is 304. The molecule has 0 heterocycles. The van der Waals surface area contributed by atoms with Gasteiger partial charge in [-0.05, 0) is 6.92 Å². The minimum Gasteiger partial charge on any atom is -0.481 e. The molecule has 0 radical (unpaired) electrons. The quantitative estimate of drug-likeness (QED) is 0.474. The summed E-state index contributed by atoms with van der Waals surface area (Å²) in [4.78, 5) is 33.5. The highest BCUT2D eigenvalue weighted by atomic mass is 16.4. The molecule has 4 N–H and O–H groups in total. The number of nitrogens with zero attached hydrogens (tertiary/aromatic N) is 1. The molecule has 0 fully saturated rings. The highest BCUT2D eigenvalue weighted by molar-refractivity contribution is 5.86. The minimum absolute atomic E-state index is 0.0191. The van der Waals surface area contributed by atoms with Gasteiger partial charge in [0.15, 0.2) is 0 Å². The summed E-state index contributed by atoms with van der Waals surface area (Å²) in [6.07, 6.45) is -1.46. The number of urea groups is 1. The molecule has 0 aromatic carbocycles. The van der Waals surface area contributed by atoms with Crippen LogP contribution in [0.25, 0.3) is 0 Å².